The van der Waals surface area contributed by atoms with Crippen molar-refractivity contribution in [2.75, 3.05) is 0 Å². The molecule has 0 saturated carbocycles. The molecule has 0 rings (SSSR count). The first-order chi connectivity index (χ1) is 6.67. The minimum absolute atomic E-state index is 0.153. The predicted octanol–water partition coefficient (Wildman–Crippen LogP) is -0.528. The number of nitrogens with one attached hydrogen (secondary N) is 1. The molecule has 1 amide bonds. The Morgan fingerprint density at radius 1 is 1.60 bits per heavy atom. The smallest absolute Gasteiger partial charge is 0.238 e. The zero-order valence-corrected chi connectivity index (χ0v) is 9.76. The van der Waals surface area contributed by atoms with E-state index in [4.69, 9.17) is 11.0 Å². The van der Waals surface area contributed by atoms with Gasteiger partial charge in [-0.05, 0) is 20.3 Å². The van der Waals surface area contributed by atoms with Crippen LogP contribution < -0.4 is 10.5 Å². The van der Waals surface area contributed by atoms with Crippen molar-refractivity contribution >= 4 is 15.9 Å². The highest BCUT2D eigenvalue weighted by molar-refractivity contribution is 7.90. The third-order valence-electron chi connectivity index (χ3n) is 1.90. The van der Waals surface area contributed by atoms with Crippen molar-refractivity contribution in [3.63, 3.8) is 0 Å². The summed E-state index contributed by atoms with van der Waals surface area (Å²) in [5, 5.41) is 7.44. The van der Waals surface area contributed by atoms with Crippen LogP contribution in [0.4, 0.5) is 0 Å². The molecule has 0 aromatic heterocycles. The number of nitrogens with two attached hydrogens (primary N) is 1. The first-order valence-electron chi connectivity index (χ1n) is 4.39. The van der Waals surface area contributed by atoms with E-state index in [0.717, 1.165) is 0 Å². The number of hydrogen-bond donors (Lipinski definition) is 2. The van der Waals surface area contributed by atoms with Crippen molar-refractivity contribution in [1.29, 1.82) is 5.26 Å². The van der Waals surface area contributed by atoms with Crippen LogP contribution in [0.3, 0.4) is 0 Å². The van der Waals surface area contributed by atoms with Crippen LogP contribution in [0.1, 0.15) is 27.2 Å². The summed E-state index contributed by atoms with van der Waals surface area (Å²) in [6.07, 6.45) is 0.153. The number of primary amides is 1. The molecular weight excluding hydrogens is 218 g/mol. The second-order valence-corrected chi connectivity index (χ2v) is 5.53. The molecule has 0 spiro atoms. The largest absolute Gasteiger partial charge is 0.368 e. The molecule has 0 aliphatic carbocycles. The fourth-order valence-electron chi connectivity index (χ4n) is 0.857. The average Bonchev–Trinajstić information content (AvgIpc) is 2.03. The van der Waals surface area contributed by atoms with Crippen LogP contribution in [0.5, 0.6) is 0 Å². The third-order valence-corrected chi connectivity index (χ3v) is 3.89. The van der Waals surface area contributed by atoms with E-state index in [1.807, 2.05) is 0 Å². The maximum atomic E-state index is 11.6. The standard InChI is InChI=1S/C8H15N3O3S/c1-4-6(5-9)15(13,14)11-8(2,3)7(10)12/h6,11H,4H2,1-3H3,(H2,10,12). The molecule has 6 nitrogen and oxygen atoms in total. The van der Waals surface area contributed by atoms with Crippen LogP contribution in [0.25, 0.3) is 0 Å². The quantitative estimate of drug-likeness (QED) is 0.664. The summed E-state index contributed by atoms with van der Waals surface area (Å²) in [4.78, 5) is 10.9. The molecular formula is C8H15N3O3S. The van der Waals surface area contributed by atoms with Crippen LogP contribution in [0.15, 0.2) is 0 Å². The van der Waals surface area contributed by atoms with Gasteiger partial charge in [0.25, 0.3) is 0 Å². The van der Waals surface area contributed by atoms with E-state index in [-0.39, 0.29) is 6.42 Å². The maximum absolute atomic E-state index is 11.6. The van der Waals surface area contributed by atoms with Crippen molar-refractivity contribution in [1.82, 2.24) is 4.72 Å². The van der Waals surface area contributed by atoms with Crippen LogP contribution in [-0.2, 0) is 14.8 Å². The number of carbonyl (C=O) groups excluding carboxylic acids is 1. The maximum Gasteiger partial charge on any atom is 0.238 e. The molecule has 86 valence electrons. The molecule has 0 fully saturated rings. The van der Waals surface area contributed by atoms with E-state index in [1.165, 1.54) is 13.8 Å². The second kappa shape index (κ2) is 4.59. The minimum Gasteiger partial charge on any atom is -0.368 e. The van der Waals surface area contributed by atoms with Crippen molar-refractivity contribution in [3.8, 4) is 6.07 Å². The van der Waals surface area contributed by atoms with Gasteiger partial charge >= 0.3 is 0 Å². The molecule has 0 saturated heterocycles. The van der Waals surface area contributed by atoms with Gasteiger partial charge in [0, 0.05) is 0 Å². The summed E-state index contributed by atoms with van der Waals surface area (Å²) in [5.41, 5.74) is 3.63. The molecule has 1 atom stereocenters. The van der Waals surface area contributed by atoms with E-state index >= 15 is 0 Å². The first-order valence-corrected chi connectivity index (χ1v) is 5.94. The molecule has 15 heavy (non-hydrogen) atoms. The molecule has 0 aromatic rings. The summed E-state index contributed by atoms with van der Waals surface area (Å²) >= 11 is 0. The SMILES string of the molecule is CCC(C#N)S(=O)(=O)NC(C)(C)C(N)=O. The molecule has 7 heteroatoms. The molecule has 0 aromatic carbocycles. The van der Waals surface area contributed by atoms with Crippen LogP contribution >= 0.6 is 0 Å². The zero-order chi connectivity index (χ0) is 12.3. The van der Waals surface area contributed by atoms with Crippen LogP contribution in [-0.4, -0.2) is 25.1 Å². The van der Waals surface area contributed by atoms with Gasteiger partial charge in [0.15, 0.2) is 5.25 Å². The van der Waals surface area contributed by atoms with E-state index < -0.39 is 26.7 Å². The Morgan fingerprint density at radius 2 is 2.07 bits per heavy atom. The van der Waals surface area contributed by atoms with Gasteiger partial charge in [-0.3, -0.25) is 4.79 Å². The highest BCUT2D eigenvalue weighted by Crippen LogP contribution is 2.09. The number of nitrogens with zero attached hydrogens (tertiary/aromatic N) is 1. The fourth-order valence-corrected chi connectivity index (χ4v) is 2.39. The Balaban J connectivity index is 4.97. The lowest BCUT2D eigenvalue weighted by molar-refractivity contribution is -0.122. The molecule has 0 heterocycles. The monoisotopic (exact) mass is 233 g/mol. The van der Waals surface area contributed by atoms with Crippen LogP contribution in [0, 0.1) is 11.3 Å². The first kappa shape index (κ1) is 13.9. The topological polar surface area (TPSA) is 113 Å². The third kappa shape index (κ3) is 3.49. The van der Waals surface area contributed by atoms with Gasteiger partial charge in [0.2, 0.25) is 15.9 Å². The number of nitriles is 1. The summed E-state index contributed by atoms with van der Waals surface area (Å²) in [6, 6.07) is 1.65. The van der Waals surface area contributed by atoms with Gasteiger partial charge in [-0.1, -0.05) is 6.92 Å². The fraction of sp³-hybridized carbons (Fsp3) is 0.750. The average molecular weight is 233 g/mol. The lowest BCUT2D eigenvalue weighted by Gasteiger charge is -2.23. The minimum atomic E-state index is -3.84. The van der Waals surface area contributed by atoms with Gasteiger partial charge in [-0.15, -0.1) is 0 Å². The molecule has 1 unspecified atom stereocenters. The van der Waals surface area contributed by atoms with Gasteiger partial charge in [-0.25, -0.2) is 8.42 Å². The normalized spacial score (nSPS) is 14.3. The van der Waals surface area contributed by atoms with E-state index in [0.29, 0.717) is 0 Å². The van der Waals surface area contributed by atoms with Crippen molar-refractivity contribution < 1.29 is 13.2 Å². The number of hydrogen-bond acceptors (Lipinski definition) is 4. The van der Waals surface area contributed by atoms with Gasteiger partial charge in [-0.2, -0.15) is 9.98 Å². The van der Waals surface area contributed by atoms with Gasteiger partial charge < -0.3 is 5.73 Å². The Morgan fingerprint density at radius 3 is 2.33 bits per heavy atom. The second-order valence-electron chi connectivity index (χ2n) is 3.66. The Labute approximate surface area is 89.5 Å². The van der Waals surface area contributed by atoms with Crippen molar-refractivity contribution in [3.05, 3.63) is 0 Å². The van der Waals surface area contributed by atoms with Crippen molar-refractivity contribution in [2.24, 2.45) is 5.73 Å². The van der Waals surface area contributed by atoms with Crippen molar-refractivity contribution in [2.45, 2.75) is 38.0 Å². The number of rotatable bonds is 5. The Kier molecular flexibility index (Phi) is 4.25. The molecule has 0 aliphatic heterocycles. The van der Waals surface area contributed by atoms with Gasteiger partial charge in [0.1, 0.15) is 5.54 Å². The summed E-state index contributed by atoms with van der Waals surface area (Å²) < 4.78 is 25.3. The number of carbonyl (C=O) groups is 1. The van der Waals surface area contributed by atoms with E-state index in [9.17, 15) is 13.2 Å². The van der Waals surface area contributed by atoms with E-state index in [2.05, 4.69) is 4.72 Å². The van der Waals surface area contributed by atoms with Crippen LogP contribution in [0.2, 0.25) is 0 Å². The summed E-state index contributed by atoms with van der Waals surface area (Å²) in [5.74, 6) is -0.793. The van der Waals surface area contributed by atoms with E-state index in [1.54, 1.807) is 13.0 Å². The number of amides is 1. The summed E-state index contributed by atoms with van der Waals surface area (Å²) in [6.45, 7) is 4.26. The zero-order valence-electron chi connectivity index (χ0n) is 8.94. The van der Waals surface area contributed by atoms with Gasteiger partial charge in [0.05, 0.1) is 6.07 Å². The molecule has 0 radical (unpaired) electrons. The Hall–Kier alpha value is -1.13. The predicted molar refractivity (Wildman–Crippen MR) is 55.0 cm³/mol. The Bertz CT molecular complexity index is 380. The summed E-state index contributed by atoms with van der Waals surface area (Å²) in [7, 11) is -3.84. The molecule has 3 N–H and O–H groups in total. The lowest BCUT2D eigenvalue weighted by atomic mass is 10.1. The highest BCUT2D eigenvalue weighted by Gasteiger charge is 2.34. The molecule has 0 bridgehead atoms. The molecule has 0 aliphatic rings. The lowest BCUT2D eigenvalue weighted by Crippen LogP contribution is -2.54. The number of sulfonamides is 1. The highest BCUT2D eigenvalue weighted by atomic mass is 32.2.